The van der Waals surface area contributed by atoms with E-state index in [0.717, 1.165) is 29.9 Å². The molecule has 0 fully saturated rings. The molecule has 9 nitrogen and oxygen atoms in total. The Hall–Kier alpha value is -2.81. The number of nitrogens with one attached hydrogen (secondary N) is 1. The van der Waals surface area contributed by atoms with E-state index in [2.05, 4.69) is 34.2 Å². The van der Waals surface area contributed by atoms with Gasteiger partial charge in [-0.1, -0.05) is 13.8 Å². The molecular formula is C22H32N6O3. The minimum absolute atomic E-state index is 0.153. The SMILES string of the molecule is COCCNC(=O)c1nn(CCC(C)C)c2c1CN(C(=O)c1cc(C)nc(C)n1)CC2. The molecule has 3 heterocycles. The molecule has 0 unspecified atom stereocenters. The summed E-state index contributed by atoms with van der Waals surface area (Å²) in [6.45, 7) is 10.5. The summed E-state index contributed by atoms with van der Waals surface area (Å²) in [6.07, 6.45) is 1.63. The summed E-state index contributed by atoms with van der Waals surface area (Å²) in [4.78, 5) is 36.2. The van der Waals surface area contributed by atoms with Crippen LogP contribution in [0.1, 0.15) is 64.0 Å². The van der Waals surface area contributed by atoms with E-state index >= 15 is 0 Å². The third-order valence-corrected chi connectivity index (χ3v) is 5.33. The van der Waals surface area contributed by atoms with Gasteiger partial charge in [0.05, 0.1) is 13.2 Å². The second-order valence-electron chi connectivity index (χ2n) is 8.35. The van der Waals surface area contributed by atoms with Crippen LogP contribution in [0.15, 0.2) is 6.07 Å². The molecule has 0 bridgehead atoms. The molecule has 2 aromatic rings. The Morgan fingerprint density at radius 1 is 1.26 bits per heavy atom. The maximum absolute atomic E-state index is 13.1. The number of aryl methyl sites for hydroxylation is 3. The van der Waals surface area contributed by atoms with E-state index in [0.29, 0.717) is 55.8 Å². The molecule has 9 heteroatoms. The van der Waals surface area contributed by atoms with Gasteiger partial charge in [0.15, 0.2) is 5.69 Å². The highest BCUT2D eigenvalue weighted by Crippen LogP contribution is 2.25. The van der Waals surface area contributed by atoms with E-state index in [4.69, 9.17) is 4.74 Å². The lowest BCUT2D eigenvalue weighted by Gasteiger charge is -2.28. The fourth-order valence-electron chi connectivity index (χ4n) is 3.75. The van der Waals surface area contributed by atoms with Gasteiger partial charge in [0, 0.05) is 50.1 Å². The average molecular weight is 429 g/mol. The van der Waals surface area contributed by atoms with Crippen molar-refractivity contribution in [1.82, 2.24) is 30.0 Å². The van der Waals surface area contributed by atoms with Gasteiger partial charge in [-0.05, 0) is 32.3 Å². The minimum Gasteiger partial charge on any atom is -0.383 e. The minimum atomic E-state index is -0.236. The molecule has 1 aliphatic heterocycles. The highest BCUT2D eigenvalue weighted by molar-refractivity contribution is 5.95. The van der Waals surface area contributed by atoms with Crippen LogP contribution in [0.5, 0.6) is 0 Å². The van der Waals surface area contributed by atoms with Gasteiger partial charge in [0.2, 0.25) is 0 Å². The molecule has 1 aliphatic rings. The van der Waals surface area contributed by atoms with Crippen LogP contribution < -0.4 is 5.32 Å². The number of rotatable bonds is 8. The first-order valence-corrected chi connectivity index (χ1v) is 10.8. The van der Waals surface area contributed by atoms with E-state index in [1.807, 2.05) is 11.6 Å². The van der Waals surface area contributed by atoms with E-state index in [1.165, 1.54) is 0 Å². The fourth-order valence-corrected chi connectivity index (χ4v) is 3.75. The molecule has 2 aromatic heterocycles. The van der Waals surface area contributed by atoms with Crippen molar-refractivity contribution in [2.24, 2.45) is 5.92 Å². The maximum atomic E-state index is 13.1. The van der Waals surface area contributed by atoms with Crippen LogP contribution in [0.4, 0.5) is 0 Å². The van der Waals surface area contributed by atoms with Crippen LogP contribution >= 0.6 is 0 Å². The number of ether oxygens (including phenoxy) is 1. The second kappa shape index (κ2) is 10.00. The van der Waals surface area contributed by atoms with Crippen molar-refractivity contribution in [3.05, 3.63) is 40.2 Å². The molecule has 168 valence electrons. The van der Waals surface area contributed by atoms with Gasteiger partial charge in [0.25, 0.3) is 11.8 Å². The van der Waals surface area contributed by atoms with Crippen molar-refractivity contribution in [2.75, 3.05) is 26.8 Å². The lowest BCUT2D eigenvalue weighted by Crippen LogP contribution is -2.38. The van der Waals surface area contributed by atoms with Crippen molar-refractivity contribution in [3.8, 4) is 0 Å². The molecule has 0 aliphatic carbocycles. The zero-order valence-corrected chi connectivity index (χ0v) is 19.1. The number of aromatic nitrogens is 4. The van der Waals surface area contributed by atoms with Gasteiger partial charge in [-0.25, -0.2) is 9.97 Å². The molecule has 0 aromatic carbocycles. The van der Waals surface area contributed by atoms with Gasteiger partial charge < -0.3 is 15.0 Å². The Balaban J connectivity index is 1.87. The summed E-state index contributed by atoms with van der Waals surface area (Å²) < 4.78 is 6.97. The number of methoxy groups -OCH3 is 1. The second-order valence-corrected chi connectivity index (χ2v) is 8.35. The fraction of sp³-hybridized carbons (Fsp3) is 0.591. The third-order valence-electron chi connectivity index (χ3n) is 5.33. The molecule has 0 saturated heterocycles. The molecule has 3 rings (SSSR count). The van der Waals surface area contributed by atoms with Crippen molar-refractivity contribution < 1.29 is 14.3 Å². The predicted octanol–water partition coefficient (Wildman–Crippen LogP) is 1.91. The van der Waals surface area contributed by atoms with Crippen LogP contribution in [-0.2, 0) is 24.2 Å². The number of fused-ring (bicyclic) bond motifs is 1. The first kappa shape index (κ1) is 22.9. The number of nitrogens with zero attached hydrogens (tertiary/aromatic N) is 5. The summed E-state index contributed by atoms with van der Waals surface area (Å²) in [6, 6.07) is 1.70. The Morgan fingerprint density at radius 2 is 2.03 bits per heavy atom. The van der Waals surface area contributed by atoms with Crippen LogP contribution in [0.2, 0.25) is 0 Å². The predicted molar refractivity (Wildman–Crippen MR) is 116 cm³/mol. The molecule has 0 radical (unpaired) electrons. The topological polar surface area (TPSA) is 102 Å². The van der Waals surface area contributed by atoms with Gasteiger partial charge in [-0.2, -0.15) is 5.10 Å². The lowest BCUT2D eigenvalue weighted by atomic mass is 10.0. The largest absolute Gasteiger partial charge is 0.383 e. The standard InChI is InChI=1S/C22H32N6O3/c1-14(2)6-10-28-19-7-9-27(22(30)18-12-15(3)24-16(4)25-18)13-17(19)20(26-28)21(29)23-8-11-31-5/h12,14H,6-11,13H2,1-5H3,(H,23,29). The van der Waals surface area contributed by atoms with Crippen molar-refractivity contribution >= 4 is 11.8 Å². The number of hydrogen-bond acceptors (Lipinski definition) is 6. The van der Waals surface area contributed by atoms with Crippen molar-refractivity contribution in [1.29, 1.82) is 0 Å². The van der Waals surface area contributed by atoms with Gasteiger partial charge in [-0.15, -0.1) is 0 Å². The van der Waals surface area contributed by atoms with Crippen LogP contribution in [-0.4, -0.2) is 63.3 Å². The summed E-state index contributed by atoms with van der Waals surface area (Å²) in [5.41, 5.74) is 3.39. The average Bonchev–Trinajstić information content (AvgIpc) is 3.09. The molecule has 0 saturated carbocycles. The maximum Gasteiger partial charge on any atom is 0.272 e. The number of hydrogen-bond donors (Lipinski definition) is 1. The Labute approximate surface area is 183 Å². The third kappa shape index (κ3) is 5.46. The zero-order chi connectivity index (χ0) is 22.5. The highest BCUT2D eigenvalue weighted by atomic mass is 16.5. The van der Waals surface area contributed by atoms with E-state index in [1.54, 1.807) is 25.0 Å². The van der Waals surface area contributed by atoms with Crippen LogP contribution in [0.3, 0.4) is 0 Å². The molecule has 0 spiro atoms. The van der Waals surface area contributed by atoms with E-state index in [-0.39, 0.29) is 11.8 Å². The number of carbonyl (C=O) groups excluding carboxylic acids is 2. The molecule has 31 heavy (non-hydrogen) atoms. The summed E-state index contributed by atoms with van der Waals surface area (Å²) in [7, 11) is 1.59. The Kier molecular flexibility index (Phi) is 7.37. The van der Waals surface area contributed by atoms with Crippen LogP contribution in [0.25, 0.3) is 0 Å². The molecule has 0 atom stereocenters. The van der Waals surface area contributed by atoms with Crippen molar-refractivity contribution in [2.45, 2.75) is 53.6 Å². The van der Waals surface area contributed by atoms with Gasteiger partial charge >= 0.3 is 0 Å². The molecule has 1 N–H and O–H groups in total. The first-order valence-electron chi connectivity index (χ1n) is 10.8. The Bertz CT molecular complexity index is 933. The quantitative estimate of drug-likeness (QED) is 0.645. The number of carbonyl (C=O) groups is 2. The number of amides is 2. The smallest absolute Gasteiger partial charge is 0.272 e. The molecule has 2 amide bonds. The lowest BCUT2D eigenvalue weighted by molar-refractivity contribution is 0.0723. The van der Waals surface area contributed by atoms with Gasteiger partial charge in [0.1, 0.15) is 11.5 Å². The molecular weight excluding hydrogens is 396 g/mol. The summed E-state index contributed by atoms with van der Waals surface area (Å²) in [5.74, 6) is 0.713. The zero-order valence-electron chi connectivity index (χ0n) is 19.1. The summed E-state index contributed by atoms with van der Waals surface area (Å²) in [5, 5.41) is 7.49. The van der Waals surface area contributed by atoms with Crippen molar-refractivity contribution in [3.63, 3.8) is 0 Å². The Morgan fingerprint density at radius 3 is 2.71 bits per heavy atom. The monoisotopic (exact) mass is 428 g/mol. The normalized spacial score (nSPS) is 13.4. The summed E-state index contributed by atoms with van der Waals surface area (Å²) >= 11 is 0. The van der Waals surface area contributed by atoms with Gasteiger partial charge in [-0.3, -0.25) is 14.3 Å². The van der Waals surface area contributed by atoms with E-state index < -0.39 is 0 Å². The first-order chi connectivity index (χ1) is 14.8. The van der Waals surface area contributed by atoms with Crippen LogP contribution in [0, 0.1) is 19.8 Å². The highest BCUT2D eigenvalue weighted by Gasteiger charge is 2.31. The van der Waals surface area contributed by atoms with E-state index in [9.17, 15) is 9.59 Å².